The Balaban J connectivity index is 1.80. The molecule has 2 N–H and O–H groups in total. The molecular formula is C15H19N5O3. The molecule has 2 aromatic rings. The maximum absolute atomic E-state index is 12.4. The molecule has 1 fully saturated rings. The molecule has 1 aliphatic rings. The van der Waals surface area contributed by atoms with Gasteiger partial charge in [-0.2, -0.15) is 10.1 Å². The minimum absolute atomic E-state index is 0.111. The zero-order valence-corrected chi connectivity index (χ0v) is 13.3. The number of H-pyrrole nitrogens is 1. The minimum atomic E-state index is -0.530. The van der Waals surface area contributed by atoms with Gasteiger partial charge in [-0.1, -0.05) is 0 Å². The van der Waals surface area contributed by atoms with Gasteiger partial charge in [0, 0.05) is 30.6 Å². The number of rotatable bonds is 3. The maximum Gasteiger partial charge on any atom is 0.345 e. The molecule has 0 unspecified atom stereocenters. The fourth-order valence-electron chi connectivity index (χ4n) is 2.78. The molecule has 2 aromatic heterocycles. The number of aryl methyl sites for hydroxylation is 2. The van der Waals surface area contributed by atoms with Crippen LogP contribution in [-0.4, -0.2) is 38.3 Å². The van der Waals surface area contributed by atoms with Crippen molar-refractivity contribution in [1.82, 2.24) is 25.1 Å². The lowest BCUT2D eigenvalue weighted by atomic mass is 10.0. The summed E-state index contributed by atoms with van der Waals surface area (Å²) in [6.07, 6.45) is 2.23. The topological polar surface area (TPSA) is 102 Å². The summed E-state index contributed by atoms with van der Waals surface area (Å²) in [7, 11) is 1.87. The summed E-state index contributed by atoms with van der Waals surface area (Å²) in [6, 6.07) is 1.38. The molecule has 3 rings (SSSR count). The van der Waals surface area contributed by atoms with Gasteiger partial charge in [-0.3, -0.25) is 9.48 Å². The van der Waals surface area contributed by atoms with Crippen molar-refractivity contribution in [2.45, 2.75) is 32.4 Å². The zero-order chi connectivity index (χ0) is 16.6. The first-order valence-electron chi connectivity index (χ1n) is 7.44. The Labute approximate surface area is 132 Å². The third-order valence-electron chi connectivity index (χ3n) is 4.10. The first-order valence-corrected chi connectivity index (χ1v) is 7.44. The lowest BCUT2D eigenvalue weighted by Gasteiger charge is -2.19. The minimum Gasteiger partial charge on any atom is -0.371 e. The van der Waals surface area contributed by atoms with Crippen LogP contribution in [-0.2, 0) is 11.8 Å². The van der Waals surface area contributed by atoms with Gasteiger partial charge in [0.15, 0.2) is 0 Å². The molecule has 122 valence electrons. The highest BCUT2D eigenvalue weighted by atomic mass is 16.5. The van der Waals surface area contributed by atoms with Crippen molar-refractivity contribution < 1.29 is 9.53 Å². The number of aromatic amines is 1. The lowest BCUT2D eigenvalue weighted by molar-refractivity contribution is 0.0815. The number of nitrogens with zero attached hydrogens (tertiary/aromatic N) is 3. The van der Waals surface area contributed by atoms with E-state index < -0.39 is 5.69 Å². The fraction of sp³-hybridized carbons (Fsp3) is 0.467. The monoisotopic (exact) mass is 317 g/mol. The van der Waals surface area contributed by atoms with Gasteiger partial charge in [-0.15, -0.1) is 0 Å². The van der Waals surface area contributed by atoms with E-state index in [9.17, 15) is 9.59 Å². The van der Waals surface area contributed by atoms with Crippen molar-refractivity contribution in [2.75, 3.05) is 6.61 Å². The van der Waals surface area contributed by atoms with E-state index in [1.54, 1.807) is 23.9 Å². The highest BCUT2D eigenvalue weighted by Gasteiger charge is 2.33. The Kier molecular flexibility index (Phi) is 3.99. The van der Waals surface area contributed by atoms with Gasteiger partial charge < -0.3 is 15.0 Å². The number of hydrogen-bond acceptors (Lipinski definition) is 5. The molecule has 1 saturated heterocycles. The summed E-state index contributed by atoms with van der Waals surface area (Å²) >= 11 is 0. The Morgan fingerprint density at radius 2 is 2.26 bits per heavy atom. The van der Waals surface area contributed by atoms with Crippen molar-refractivity contribution in [2.24, 2.45) is 7.05 Å². The highest BCUT2D eigenvalue weighted by molar-refractivity contribution is 5.92. The van der Waals surface area contributed by atoms with Crippen molar-refractivity contribution >= 4 is 5.91 Å². The Bertz CT molecular complexity index is 795. The van der Waals surface area contributed by atoms with Crippen LogP contribution in [0.5, 0.6) is 0 Å². The molecule has 3 heterocycles. The Hall–Kier alpha value is -2.48. The molecule has 0 spiro atoms. The van der Waals surface area contributed by atoms with Crippen LogP contribution in [0.3, 0.4) is 0 Å². The summed E-state index contributed by atoms with van der Waals surface area (Å²) < 4.78 is 7.55. The molecule has 8 nitrogen and oxygen atoms in total. The first kappa shape index (κ1) is 15.4. The molecule has 8 heteroatoms. The SMILES string of the molecule is Cc1cc(C(=O)N[C@H]2CCO[C@@H]2c2cnn(C)c2C)nc(=O)[nH]1. The average molecular weight is 317 g/mol. The van der Waals surface area contributed by atoms with E-state index in [2.05, 4.69) is 20.4 Å². The molecule has 0 saturated carbocycles. The number of carbonyl (C=O) groups is 1. The molecule has 0 aromatic carbocycles. The second kappa shape index (κ2) is 5.96. The number of amides is 1. The van der Waals surface area contributed by atoms with Gasteiger partial charge in [0.1, 0.15) is 11.8 Å². The molecular weight excluding hydrogens is 298 g/mol. The van der Waals surface area contributed by atoms with Gasteiger partial charge in [0.05, 0.1) is 12.2 Å². The maximum atomic E-state index is 12.4. The summed E-state index contributed by atoms with van der Waals surface area (Å²) in [5.41, 5.74) is 2.14. The van der Waals surface area contributed by atoms with Crippen LogP contribution in [0.25, 0.3) is 0 Å². The van der Waals surface area contributed by atoms with Crippen molar-refractivity contribution in [3.8, 4) is 0 Å². The molecule has 1 amide bonds. The summed E-state index contributed by atoms with van der Waals surface area (Å²) in [6.45, 7) is 4.23. The van der Waals surface area contributed by atoms with Crippen LogP contribution in [0.2, 0.25) is 0 Å². The third kappa shape index (κ3) is 3.02. The number of ether oxygens (including phenoxy) is 1. The molecule has 0 aliphatic carbocycles. The number of carbonyl (C=O) groups excluding carboxylic acids is 1. The third-order valence-corrected chi connectivity index (χ3v) is 4.10. The largest absolute Gasteiger partial charge is 0.371 e. The first-order chi connectivity index (χ1) is 11.0. The second-order valence-electron chi connectivity index (χ2n) is 5.72. The predicted octanol–water partition coefficient (Wildman–Crippen LogP) is 0.380. The Morgan fingerprint density at radius 3 is 2.91 bits per heavy atom. The summed E-state index contributed by atoms with van der Waals surface area (Å²) in [5, 5.41) is 7.14. The number of hydrogen-bond donors (Lipinski definition) is 2. The van der Waals surface area contributed by atoms with Crippen LogP contribution in [0.1, 0.15) is 40.0 Å². The summed E-state index contributed by atoms with van der Waals surface area (Å²) in [4.78, 5) is 30.0. The van der Waals surface area contributed by atoms with E-state index >= 15 is 0 Å². The van der Waals surface area contributed by atoms with Crippen LogP contribution in [0.4, 0.5) is 0 Å². The standard InChI is InChI=1S/C15H19N5O3/c1-8-6-12(19-15(22)17-8)14(21)18-11-4-5-23-13(11)10-7-16-20(3)9(10)2/h6-7,11,13H,4-5H2,1-3H3,(H,18,21)(H,17,19,22)/t11-,13+/m0/s1. The normalized spacial score (nSPS) is 20.7. The molecule has 0 bridgehead atoms. The molecule has 23 heavy (non-hydrogen) atoms. The number of nitrogens with one attached hydrogen (secondary N) is 2. The van der Waals surface area contributed by atoms with Gasteiger partial charge in [-0.05, 0) is 26.3 Å². The second-order valence-corrected chi connectivity index (χ2v) is 5.72. The number of aromatic nitrogens is 4. The van der Waals surface area contributed by atoms with Crippen LogP contribution in [0.15, 0.2) is 17.1 Å². The molecule has 1 aliphatic heterocycles. The fourth-order valence-corrected chi connectivity index (χ4v) is 2.78. The smallest absolute Gasteiger partial charge is 0.345 e. The van der Waals surface area contributed by atoms with Gasteiger partial charge in [0.2, 0.25) is 0 Å². The Morgan fingerprint density at radius 1 is 1.48 bits per heavy atom. The zero-order valence-electron chi connectivity index (χ0n) is 13.3. The quantitative estimate of drug-likeness (QED) is 0.852. The average Bonchev–Trinajstić information content (AvgIpc) is 3.06. The van der Waals surface area contributed by atoms with Gasteiger partial charge in [0.25, 0.3) is 5.91 Å². The van der Waals surface area contributed by atoms with E-state index in [4.69, 9.17) is 4.74 Å². The van der Waals surface area contributed by atoms with Crippen molar-refractivity contribution in [1.29, 1.82) is 0 Å². The van der Waals surface area contributed by atoms with E-state index in [1.165, 1.54) is 0 Å². The van der Waals surface area contributed by atoms with E-state index in [1.807, 2.05) is 14.0 Å². The van der Waals surface area contributed by atoms with E-state index in [0.29, 0.717) is 18.7 Å². The summed E-state index contributed by atoms with van der Waals surface area (Å²) in [5.74, 6) is -0.374. The highest BCUT2D eigenvalue weighted by Crippen LogP contribution is 2.31. The van der Waals surface area contributed by atoms with Gasteiger partial charge >= 0.3 is 5.69 Å². The van der Waals surface area contributed by atoms with Crippen molar-refractivity contribution in [3.63, 3.8) is 0 Å². The van der Waals surface area contributed by atoms with Crippen LogP contribution in [0, 0.1) is 13.8 Å². The van der Waals surface area contributed by atoms with Crippen LogP contribution >= 0.6 is 0 Å². The molecule has 0 radical (unpaired) electrons. The van der Waals surface area contributed by atoms with E-state index in [0.717, 1.165) is 11.3 Å². The van der Waals surface area contributed by atoms with Crippen LogP contribution < -0.4 is 11.0 Å². The van der Waals surface area contributed by atoms with Crippen molar-refractivity contribution in [3.05, 3.63) is 45.4 Å². The van der Waals surface area contributed by atoms with Gasteiger partial charge in [-0.25, -0.2) is 4.79 Å². The van der Waals surface area contributed by atoms with E-state index in [-0.39, 0.29) is 23.7 Å². The predicted molar refractivity (Wildman–Crippen MR) is 82.1 cm³/mol. The molecule has 2 atom stereocenters. The lowest BCUT2D eigenvalue weighted by Crippen LogP contribution is -2.38.